The van der Waals surface area contributed by atoms with E-state index < -0.39 is 0 Å². The molecular formula is C12H20BrN3O. The van der Waals surface area contributed by atoms with E-state index in [4.69, 9.17) is 0 Å². The average molecular weight is 302 g/mol. The third kappa shape index (κ3) is 3.56. The number of aromatic nitrogens is 2. The summed E-state index contributed by atoms with van der Waals surface area (Å²) in [6, 6.07) is 0. The molecule has 0 fully saturated rings. The van der Waals surface area contributed by atoms with Crippen molar-refractivity contribution in [3.63, 3.8) is 0 Å². The number of hydrogen-bond donors (Lipinski definition) is 1. The summed E-state index contributed by atoms with van der Waals surface area (Å²) in [5.41, 5.74) is 0.882. The van der Waals surface area contributed by atoms with Crippen LogP contribution in [0.2, 0.25) is 0 Å². The maximum Gasteiger partial charge on any atom is 0.283 e. The van der Waals surface area contributed by atoms with Crippen LogP contribution in [0, 0.1) is 5.41 Å². The van der Waals surface area contributed by atoms with E-state index >= 15 is 0 Å². The van der Waals surface area contributed by atoms with Crippen LogP contribution in [0.3, 0.4) is 0 Å². The van der Waals surface area contributed by atoms with Crippen molar-refractivity contribution in [2.45, 2.75) is 40.7 Å². The SMILES string of the molecule is CCn1ncc(NCC(C)(C)CC)c(Br)c1=O. The standard InChI is InChI=1S/C12H20BrN3O/c1-5-12(3,4)8-14-9-7-15-16(6-2)11(17)10(9)13/h7,14H,5-6,8H2,1-4H3. The predicted octanol–water partition coefficient (Wildman–Crippen LogP) is 2.87. The van der Waals surface area contributed by atoms with Gasteiger partial charge in [0.15, 0.2) is 0 Å². The smallest absolute Gasteiger partial charge is 0.283 e. The van der Waals surface area contributed by atoms with Crippen LogP contribution in [0.15, 0.2) is 15.5 Å². The van der Waals surface area contributed by atoms with Gasteiger partial charge in [0, 0.05) is 13.1 Å². The van der Waals surface area contributed by atoms with E-state index in [-0.39, 0.29) is 11.0 Å². The molecule has 5 heteroatoms. The van der Waals surface area contributed by atoms with Crippen molar-refractivity contribution >= 4 is 21.6 Å². The first kappa shape index (κ1) is 14.2. The van der Waals surface area contributed by atoms with Crippen molar-refractivity contribution in [3.8, 4) is 0 Å². The Morgan fingerprint density at radius 2 is 2.12 bits per heavy atom. The number of aryl methyl sites for hydroxylation is 1. The first-order chi connectivity index (χ1) is 7.91. The molecule has 0 aliphatic carbocycles. The van der Waals surface area contributed by atoms with Gasteiger partial charge in [0.25, 0.3) is 5.56 Å². The summed E-state index contributed by atoms with van der Waals surface area (Å²) in [5, 5.41) is 7.37. The molecule has 0 spiro atoms. The Morgan fingerprint density at radius 3 is 2.65 bits per heavy atom. The van der Waals surface area contributed by atoms with Crippen LogP contribution >= 0.6 is 15.9 Å². The highest BCUT2D eigenvalue weighted by atomic mass is 79.9. The minimum Gasteiger partial charge on any atom is -0.382 e. The van der Waals surface area contributed by atoms with Crippen molar-refractivity contribution in [1.29, 1.82) is 0 Å². The zero-order chi connectivity index (χ0) is 13.1. The van der Waals surface area contributed by atoms with Crippen LogP contribution in [-0.2, 0) is 6.54 Å². The zero-order valence-corrected chi connectivity index (χ0v) is 12.5. The molecule has 0 saturated carbocycles. The highest BCUT2D eigenvalue weighted by molar-refractivity contribution is 9.10. The summed E-state index contributed by atoms with van der Waals surface area (Å²) in [4.78, 5) is 11.8. The maximum absolute atomic E-state index is 11.8. The van der Waals surface area contributed by atoms with E-state index in [1.165, 1.54) is 4.68 Å². The Kier molecular flexibility index (Phi) is 4.74. The molecule has 96 valence electrons. The molecule has 0 aliphatic rings. The van der Waals surface area contributed by atoms with E-state index in [2.05, 4.69) is 47.1 Å². The Morgan fingerprint density at radius 1 is 1.47 bits per heavy atom. The summed E-state index contributed by atoms with van der Waals surface area (Å²) >= 11 is 3.33. The molecule has 0 aromatic carbocycles. The van der Waals surface area contributed by atoms with Crippen molar-refractivity contribution in [3.05, 3.63) is 21.0 Å². The van der Waals surface area contributed by atoms with Crippen molar-refractivity contribution < 1.29 is 0 Å². The maximum atomic E-state index is 11.8. The van der Waals surface area contributed by atoms with Crippen LogP contribution in [0.25, 0.3) is 0 Å². The normalized spacial score (nSPS) is 11.6. The second-order valence-corrected chi connectivity index (χ2v) is 5.66. The zero-order valence-electron chi connectivity index (χ0n) is 10.9. The van der Waals surface area contributed by atoms with Crippen molar-refractivity contribution in [2.24, 2.45) is 5.41 Å². The lowest BCUT2D eigenvalue weighted by Crippen LogP contribution is -2.26. The molecule has 1 rings (SSSR count). The Labute approximate surface area is 111 Å². The summed E-state index contributed by atoms with van der Waals surface area (Å²) in [6.45, 7) is 9.83. The summed E-state index contributed by atoms with van der Waals surface area (Å²) in [6.07, 6.45) is 2.78. The fourth-order valence-corrected chi connectivity index (χ4v) is 1.72. The molecule has 1 aromatic rings. The number of halogens is 1. The fraction of sp³-hybridized carbons (Fsp3) is 0.667. The van der Waals surface area contributed by atoms with Gasteiger partial charge in [-0.2, -0.15) is 5.10 Å². The molecule has 0 unspecified atom stereocenters. The molecule has 0 amide bonds. The van der Waals surface area contributed by atoms with E-state index in [1.54, 1.807) is 6.20 Å². The minimum atomic E-state index is -0.0909. The second kappa shape index (κ2) is 5.67. The van der Waals surface area contributed by atoms with Crippen LogP contribution in [0.4, 0.5) is 5.69 Å². The van der Waals surface area contributed by atoms with Crippen LogP contribution < -0.4 is 10.9 Å². The molecule has 0 atom stereocenters. The van der Waals surface area contributed by atoms with Gasteiger partial charge in [-0.1, -0.05) is 20.8 Å². The third-order valence-corrected chi connectivity index (χ3v) is 3.77. The number of nitrogens with zero attached hydrogens (tertiary/aromatic N) is 2. The number of rotatable bonds is 5. The van der Waals surface area contributed by atoms with Gasteiger partial charge in [0.2, 0.25) is 0 Å². The molecule has 0 saturated heterocycles. The number of anilines is 1. The molecule has 0 radical (unpaired) electrons. The fourth-order valence-electron chi connectivity index (χ4n) is 1.27. The van der Waals surface area contributed by atoms with Gasteiger partial charge in [0.1, 0.15) is 4.47 Å². The summed E-state index contributed by atoms with van der Waals surface area (Å²) in [7, 11) is 0. The van der Waals surface area contributed by atoms with Crippen LogP contribution in [0.1, 0.15) is 34.1 Å². The quantitative estimate of drug-likeness (QED) is 0.910. The lowest BCUT2D eigenvalue weighted by molar-refractivity contribution is 0.377. The van der Waals surface area contributed by atoms with Gasteiger partial charge >= 0.3 is 0 Å². The molecule has 1 N–H and O–H groups in total. The van der Waals surface area contributed by atoms with Gasteiger partial charge in [-0.3, -0.25) is 4.79 Å². The van der Waals surface area contributed by atoms with Crippen LogP contribution in [0.5, 0.6) is 0 Å². The first-order valence-corrected chi connectivity index (χ1v) is 6.70. The van der Waals surface area contributed by atoms with Gasteiger partial charge in [-0.15, -0.1) is 0 Å². The Hall–Kier alpha value is -0.840. The average Bonchev–Trinajstić information content (AvgIpc) is 2.31. The molecule has 0 aliphatic heterocycles. The lowest BCUT2D eigenvalue weighted by Gasteiger charge is -2.23. The third-order valence-electron chi connectivity index (χ3n) is 3.00. The number of nitrogens with one attached hydrogen (secondary N) is 1. The predicted molar refractivity (Wildman–Crippen MR) is 74.4 cm³/mol. The summed E-state index contributed by atoms with van der Waals surface area (Å²) < 4.78 is 1.99. The molecule has 17 heavy (non-hydrogen) atoms. The largest absolute Gasteiger partial charge is 0.382 e. The van der Waals surface area contributed by atoms with E-state index in [0.717, 1.165) is 18.7 Å². The highest BCUT2D eigenvalue weighted by Crippen LogP contribution is 2.22. The topological polar surface area (TPSA) is 46.9 Å². The first-order valence-electron chi connectivity index (χ1n) is 5.90. The van der Waals surface area contributed by atoms with Crippen molar-refractivity contribution in [1.82, 2.24) is 9.78 Å². The summed E-state index contributed by atoms with van der Waals surface area (Å²) in [5.74, 6) is 0. The Bertz CT molecular complexity index is 440. The van der Waals surface area contributed by atoms with Gasteiger partial charge in [0.05, 0.1) is 11.9 Å². The molecular weight excluding hydrogens is 282 g/mol. The van der Waals surface area contributed by atoms with Gasteiger partial charge in [-0.25, -0.2) is 4.68 Å². The van der Waals surface area contributed by atoms with Gasteiger partial charge in [-0.05, 0) is 34.7 Å². The number of hydrogen-bond acceptors (Lipinski definition) is 3. The molecule has 4 nitrogen and oxygen atoms in total. The highest BCUT2D eigenvalue weighted by Gasteiger charge is 2.16. The van der Waals surface area contributed by atoms with E-state index in [0.29, 0.717) is 11.0 Å². The van der Waals surface area contributed by atoms with Gasteiger partial charge < -0.3 is 5.32 Å². The molecule has 1 heterocycles. The second-order valence-electron chi connectivity index (χ2n) is 4.86. The monoisotopic (exact) mass is 301 g/mol. The van der Waals surface area contributed by atoms with E-state index in [9.17, 15) is 4.79 Å². The van der Waals surface area contributed by atoms with Crippen molar-refractivity contribution in [2.75, 3.05) is 11.9 Å². The Balaban J connectivity index is 2.87. The minimum absolute atomic E-state index is 0.0909. The lowest BCUT2D eigenvalue weighted by atomic mass is 9.90. The van der Waals surface area contributed by atoms with Crippen LogP contribution in [-0.4, -0.2) is 16.3 Å². The molecule has 1 aromatic heterocycles. The molecule has 0 bridgehead atoms. The van der Waals surface area contributed by atoms with E-state index in [1.807, 2.05) is 6.92 Å².